The number of likely N-dealkylation sites (N-methyl/N-ethyl adjacent to an activating group) is 1. The highest BCUT2D eigenvalue weighted by Gasteiger charge is 2.19. The third kappa shape index (κ3) is 3.03. The highest BCUT2D eigenvalue weighted by Crippen LogP contribution is 2.17. The molecule has 1 aromatic heterocycles. The van der Waals surface area contributed by atoms with Gasteiger partial charge in [0.05, 0.1) is 11.6 Å². The van der Waals surface area contributed by atoms with Crippen molar-refractivity contribution in [3.05, 3.63) is 31.6 Å². The molecule has 1 heterocycles. The number of halogens is 1. The van der Waals surface area contributed by atoms with Crippen LogP contribution >= 0.6 is 11.6 Å². The molecule has 0 bridgehead atoms. The van der Waals surface area contributed by atoms with Crippen molar-refractivity contribution in [1.29, 1.82) is 0 Å². The van der Waals surface area contributed by atoms with Gasteiger partial charge in [-0.1, -0.05) is 25.4 Å². The molecule has 102 valence electrons. The molecule has 1 N–H and O–H groups in total. The van der Waals surface area contributed by atoms with Gasteiger partial charge in [-0.05, 0) is 26.9 Å². The van der Waals surface area contributed by atoms with Crippen LogP contribution < -0.4 is 11.2 Å². The summed E-state index contributed by atoms with van der Waals surface area (Å²) >= 11 is 5.93. The lowest BCUT2D eigenvalue weighted by Gasteiger charge is -2.20. The summed E-state index contributed by atoms with van der Waals surface area (Å²) in [7, 11) is 3.80. The van der Waals surface area contributed by atoms with Gasteiger partial charge >= 0.3 is 5.69 Å². The number of hydrogen-bond acceptors (Lipinski definition) is 3. The third-order valence-corrected chi connectivity index (χ3v) is 3.07. The molecule has 1 atom stereocenters. The zero-order valence-corrected chi connectivity index (χ0v) is 12.2. The molecule has 6 heteroatoms. The summed E-state index contributed by atoms with van der Waals surface area (Å²) in [6, 6.07) is -0.203. The van der Waals surface area contributed by atoms with Crippen LogP contribution in [0.2, 0.25) is 5.15 Å². The van der Waals surface area contributed by atoms with Gasteiger partial charge in [0.15, 0.2) is 0 Å². The van der Waals surface area contributed by atoms with Gasteiger partial charge in [0.2, 0.25) is 0 Å². The lowest BCUT2D eigenvalue weighted by atomic mass is 10.1. The minimum atomic E-state index is -0.455. The van der Waals surface area contributed by atoms with E-state index in [1.165, 1.54) is 4.57 Å². The highest BCUT2D eigenvalue weighted by molar-refractivity contribution is 6.30. The number of rotatable bonds is 4. The molecule has 0 amide bonds. The van der Waals surface area contributed by atoms with Crippen LogP contribution in [0, 0.1) is 0 Å². The van der Waals surface area contributed by atoms with E-state index in [1.54, 1.807) is 0 Å². The van der Waals surface area contributed by atoms with Crippen LogP contribution in [0.1, 0.15) is 38.3 Å². The smallest absolute Gasteiger partial charge is 0.307 e. The first kappa shape index (κ1) is 15.0. The van der Waals surface area contributed by atoms with E-state index in [1.807, 2.05) is 39.8 Å². The lowest BCUT2D eigenvalue weighted by Crippen LogP contribution is -2.42. The van der Waals surface area contributed by atoms with Crippen LogP contribution in [-0.2, 0) is 0 Å². The molecular formula is C12H20ClN3O2. The number of nitrogens with zero attached hydrogens (tertiary/aromatic N) is 2. The van der Waals surface area contributed by atoms with E-state index in [-0.39, 0.29) is 22.7 Å². The maximum Gasteiger partial charge on any atom is 0.329 e. The number of H-pyrrole nitrogens is 1. The molecule has 0 aliphatic heterocycles. The van der Waals surface area contributed by atoms with Gasteiger partial charge in [0.25, 0.3) is 5.56 Å². The predicted octanol–water partition coefficient (Wildman–Crippen LogP) is 1.44. The van der Waals surface area contributed by atoms with Crippen molar-refractivity contribution < 1.29 is 0 Å². The normalized spacial score (nSPS) is 13.3. The van der Waals surface area contributed by atoms with E-state index in [2.05, 4.69) is 4.98 Å². The summed E-state index contributed by atoms with van der Waals surface area (Å²) in [5, 5.41) is 0.147. The molecule has 5 nitrogen and oxygen atoms in total. The quantitative estimate of drug-likeness (QED) is 0.845. The molecule has 0 saturated carbocycles. The van der Waals surface area contributed by atoms with Crippen molar-refractivity contribution in [2.45, 2.75) is 32.7 Å². The first-order chi connectivity index (χ1) is 8.25. The Labute approximate surface area is 111 Å². The molecule has 0 radical (unpaired) electrons. The van der Waals surface area contributed by atoms with Gasteiger partial charge in [0.1, 0.15) is 5.15 Å². The van der Waals surface area contributed by atoms with Crippen LogP contribution in [0.25, 0.3) is 0 Å². The molecule has 1 aromatic rings. The fourth-order valence-corrected chi connectivity index (χ4v) is 2.43. The Morgan fingerprint density at radius 1 is 1.28 bits per heavy atom. The largest absolute Gasteiger partial charge is 0.329 e. The number of aromatic nitrogens is 2. The fraction of sp³-hybridized carbons (Fsp3) is 0.667. The first-order valence-corrected chi connectivity index (χ1v) is 6.32. The van der Waals surface area contributed by atoms with Crippen molar-refractivity contribution in [2.24, 2.45) is 0 Å². The molecule has 18 heavy (non-hydrogen) atoms. The van der Waals surface area contributed by atoms with Crippen LogP contribution in [-0.4, -0.2) is 35.1 Å². The van der Waals surface area contributed by atoms with Crippen LogP contribution in [0.4, 0.5) is 0 Å². The molecule has 1 unspecified atom stereocenters. The number of nitrogens with one attached hydrogen (secondary N) is 1. The summed E-state index contributed by atoms with van der Waals surface area (Å²) < 4.78 is 1.24. The fourth-order valence-electron chi connectivity index (χ4n) is 2.05. The summed E-state index contributed by atoms with van der Waals surface area (Å²) in [5.41, 5.74) is -0.293. The van der Waals surface area contributed by atoms with Crippen molar-refractivity contribution in [1.82, 2.24) is 14.5 Å². The average Bonchev–Trinajstić information content (AvgIpc) is 2.13. The molecule has 0 fully saturated rings. The second-order valence-electron chi connectivity index (χ2n) is 5.10. The van der Waals surface area contributed by atoms with Gasteiger partial charge in [0, 0.05) is 6.54 Å². The zero-order valence-electron chi connectivity index (χ0n) is 11.5. The van der Waals surface area contributed by atoms with Crippen molar-refractivity contribution in [3.63, 3.8) is 0 Å². The van der Waals surface area contributed by atoms with E-state index in [9.17, 15) is 9.59 Å². The monoisotopic (exact) mass is 273 g/mol. The van der Waals surface area contributed by atoms with E-state index in [0.717, 1.165) is 0 Å². The molecule has 0 aromatic carbocycles. The Bertz CT molecular complexity index is 531. The van der Waals surface area contributed by atoms with Crippen LogP contribution in [0.5, 0.6) is 0 Å². The predicted molar refractivity (Wildman–Crippen MR) is 73.7 cm³/mol. The molecule has 0 aliphatic carbocycles. The number of hydrogen-bond donors (Lipinski definition) is 1. The summed E-state index contributed by atoms with van der Waals surface area (Å²) in [4.78, 5) is 28.6. The Morgan fingerprint density at radius 3 is 2.28 bits per heavy atom. The van der Waals surface area contributed by atoms with Crippen molar-refractivity contribution in [3.8, 4) is 0 Å². The molecule has 0 spiro atoms. The Hall–Kier alpha value is -1.07. The minimum Gasteiger partial charge on any atom is -0.307 e. The van der Waals surface area contributed by atoms with E-state index < -0.39 is 5.69 Å². The third-order valence-electron chi connectivity index (χ3n) is 2.77. The van der Waals surface area contributed by atoms with E-state index in [0.29, 0.717) is 12.1 Å². The Morgan fingerprint density at radius 2 is 1.83 bits per heavy atom. The standard InChI is InChI=1S/C12H20ClN3O2/c1-7(2)9-10(13)14-12(18)16(11(9)17)8(3)6-15(4)5/h7-8H,6H2,1-5H3,(H,14,18). The summed E-state index contributed by atoms with van der Waals surface area (Å²) in [6.45, 7) is 6.21. The molecule has 0 aliphatic rings. The number of aromatic amines is 1. The van der Waals surface area contributed by atoms with Gasteiger partial charge in [-0.15, -0.1) is 0 Å². The van der Waals surface area contributed by atoms with Crippen LogP contribution in [0.15, 0.2) is 9.59 Å². The van der Waals surface area contributed by atoms with Gasteiger partial charge in [-0.25, -0.2) is 4.79 Å². The Kier molecular flexibility index (Phi) is 4.76. The average molecular weight is 274 g/mol. The van der Waals surface area contributed by atoms with Crippen molar-refractivity contribution in [2.75, 3.05) is 20.6 Å². The molecular weight excluding hydrogens is 254 g/mol. The van der Waals surface area contributed by atoms with E-state index >= 15 is 0 Å². The topological polar surface area (TPSA) is 58.1 Å². The Balaban J connectivity index is 3.41. The second kappa shape index (κ2) is 5.71. The maximum atomic E-state index is 12.3. The second-order valence-corrected chi connectivity index (χ2v) is 5.48. The maximum absolute atomic E-state index is 12.3. The SMILES string of the molecule is CC(C)c1c(Cl)[nH]c(=O)n(C(C)CN(C)C)c1=O. The zero-order chi connectivity index (χ0) is 14.0. The summed E-state index contributed by atoms with van der Waals surface area (Å²) in [6.07, 6.45) is 0. The van der Waals surface area contributed by atoms with Crippen molar-refractivity contribution >= 4 is 11.6 Å². The van der Waals surface area contributed by atoms with Gasteiger partial charge < -0.3 is 4.90 Å². The molecule has 1 rings (SSSR count). The first-order valence-electron chi connectivity index (χ1n) is 5.94. The summed E-state index contributed by atoms with van der Waals surface area (Å²) in [5.74, 6) is -0.0281. The highest BCUT2D eigenvalue weighted by atomic mass is 35.5. The van der Waals surface area contributed by atoms with E-state index in [4.69, 9.17) is 11.6 Å². The lowest BCUT2D eigenvalue weighted by molar-refractivity contribution is 0.325. The van der Waals surface area contributed by atoms with Gasteiger partial charge in [-0.2, -0.15) is 0 Å². The minimum absolute atomic E-state index is 0.0281. The van der Waals surface area contributed by atoms with Gasteiger partial charge in [-0.3, -0.25) is 14.3 Å². The molecule has 0 saturated heterocycles. The van der Waals surface area contributed by atoms with Crippen LogP contribution in [0.3, 0.4) is 0 Å².